The van der Waals surface area contributed by atoms with Crippen LogP contribution >= 0.6 is 0 Å². The van der Waals surface area contributed by atoms with Gasteiger partial charge in [0.2, 0.25) is 5.88 Å². The normalized spacial score (nSPS) is 15.2. The Morgan fingerprint density at radius 3 is 2.63 bits per heavy atom. The van der Waals surface area contributed by atoms with Gasteiger partial charge in [0.05, 0.1) is 52.6 Å². The maximum atomic E-state index is 13.4. The molecule has 0 bridgehead atoms. The minimum Gasteiger partial charge on any atom is -0.493 e. The number of pyridine rings is 1. The van der Waals surface area contributed by atoms with Crippen molar-refractivity contribution >= 4 is 27.6 Å². The molecule has 2 aliphatic rings. The number of aromatic nitrogens is 5. The van der Waals surface area contributed by atoms with Crippen molar-refractivity contribution in [3.63, 3.8) is 0 Å². The number of rotatable bonds is 8. The van der Waals surface area contributed by atoms with Crippen molar-refractivity contribution in [1.82, 2.24) is 24.5 Å². The zero-order chi connectivity index (χ0) is 27.0. The Morgan fingerprint density at radius 1 is 1.18 bits per heavy atom. The summed E-state index contributed by atoms with van der Waals surface area (Å²) in [6.07, 6.45) is 6.19. The summed E-state index contributed by atoms with van der Waals surface area (Å²) in [6.45, 7) is 5.63. The van der Waals surface area contributed by atoms with Crippen LogP contribution in [0.3, 0.4) is 0 Å². The lowest BCUT2D eigenvalue weighted by molar-refractivity contribution is 0.449. The first kappa shape index (κ1) is 25.6. The van der Waals surface area contributed by atoms with Gasteiger partial charge in [0.1, 0.15) is 11.7 Å². The number of aliphatic imine (C=N–C) groups is 1. The van der Waals surface area contributed by atoms with E-state index in [1.54, 1.807) is 17.6 Å². The fourth-order valence-electron chi connectivity index (χ4n) is 4.24. The molecular weight excluding hydrogens is 508 g/mol. The van der Waals surface area contributed by atoms with Gasteiger partial charge in [-0.3, -0.25) is 24.3 Å². The topological polar surface area (TPSA) is 165 Å². The Bertz CT molecular complexity index is 1710. The molecule has 12 nitrogen and oxygen atoms in total. The largest absolute Gasteiger partial charge is 0.493 e. The average molecular weight is 537 g/mol. The lowest BCUT2D eigenvalue weighted by atomic mass is 10.1. The quantitative estimate of drug-likeness (QED) is 0.425. The van der Waals surface area contributed by atoms with Gasteiger partial charge < -0.3 is 10.4 Å². The third kappa shape index (κ3) is 4.93. The van der Waals surface area contributed by atoms with Crippen LogP contribution in [0.1, 0.15) is 62.5 Å². The molecule has 0 amide bonds. The van der Waals surface area contributed by atoms with E-state index in [4.69, 9.17) is 0 Å². The Morgan fingerprint density at radius 2 is 1.97 bits per heavy atom. The number of hydrogen-bond acceptors (Lipinski definition) is 11. The molecule has 13 heteroatoms. The predicted octanol–water partition coefficient (Wildman–Crippen LogP) is 0.858. The SMILES string of the molecule is CCS(=O)(=O)c1ccc(CNc2nc3c(n(C(C)C)c2=O)=NCC(c2c(O)ncnc2C2CC2)=NC=3)nc1. The molecule has 2 N–H and O–H groups in total. The highest BCUT2D eigenvalue weighted by Gasteiger charge is 2.31. The van der Waals surface area contributed by atoms with E-state index in [0.717, 1.165) is 18.5 Å². The average Bonchev–Trinajstić information content (AvgIpc) is 3.75. The molecule has 38 heavy (non-hydrogen) atoms. The fourth-order valence-corrected chi connectivity index (χ4v) is 5.06. The van der Waals surface area contributed by atoms with Crippen molar-refractivity contribution < 1.29 is 13.5 Å². The van der Waals surface area contributed by atoms with Gasteiger partial charge in [0.15, 0.2) is 21.1 Å². The number of fused-ring (bicyclic) bond motifs is 1. The van der Waals surface area contributed by atoms with E-state index in [2.05, 4.69) is 35.2 Å². The van der Waals surface area contributed by atoms with Crippen LogP contribution in [0.2, 0.25) is 0 Å². The first-order chi connectivity index (χ1) is 18.2. The number of aromatic hydroxyl groups is 1. The second-order valence-corrected chi connectivity index (χ2v) is 11.7. The van der Waals surface area contributed by atoms with Crippen molar-refractivity contribution in [3.05, 3.63) is 62.8 Å². The number of hydrogen-bond donors (Lipinski definition) is 2. The van der Waals surface area contributed by atoms with Crippen LogP contribution in [0.25, 0.3) is 6.20 Å². The van der Waals surface area contributed by atoms with Crippen LogP contribution in [-0.2, 0) is 16.4 Å². The first-order valence-corrected chi connectivity index (χ1v) is 14.0. The lowest BCUT2D eigenvalue weighted by Crippen LogP contribution is -2.47. The fraction of sp³-hybridized carbons (Fsp3) is 0.400. The highest BCUT2D eigenvalue weighted by atomic mass is 32.2. The Labute approximate surface area is 218 Å². The monoisotopic (exact) mass is 536 g/mol. The molecule has 0 spiro atoms. The smallest absolute Gasteiger partial charge is 0.295 e. The van der Waals surface area contributed by atoms with E-state index in [9.17, 15) is 18.3 Å². The second-order valence-electron chi connectivity index (χ2n) is 9.43. The van der Waals surface area contributed by atoms with E-state index < -0.39 is 9.84 Å². The predicted molar refractivity (Wildman–Crippen MR) is 140 cm³/mol. The van der Waals surface area contributed by atoms with Gasteiger partial charge in [-0.25, -0.2) is 23.4 Å². The van der Waals surface area contributed by atoms with E-state index in [1.807, 2.05) is 13.8 Å². The molecule has 0 aromatic carbocycles. The van der Waals surface area contributed by atoms with Crippen molar-refractivity contribution in [2.45, 2.75) is 57.0 Å². The molecule has 1 fully saturated rings. The molecule has 4 heterocycles. The molecule has 3 aromatic heterocycles. The molecule has 1 aliphatic heterocycles. The number of sulfone groups is 1. The van der Waals surface area contributed by atoms with Gasteiger partial charge in [-0.1, -0.05) is 6.92 Å². The molecular formula is C25H28N8O4S. The Balaban J connectivity index is 1.50. The van der Waals surface area contributed by atoms with Crippen molar-refractivity contribution in [1.29, 1.82) is 0 Å². The third-order valence-electron chi connectivity index (χ3n) is 6.43. The number of nitrogens with zero attached hydrogens (tertiary/aromatic N) is 7. The summed E-state index contributed by atoms with van der Waals surface area (Å²) in [7, 11) is -3.35. The van der Waals surface area contributed by atoms with Crippen LogP contribution in [-0.4, -0.2) is 56.0 Å². The minimum absolute atomic E-state index is 0.00930. The third-order valence-corrected chi connectivity index (χ3v) is 8.15. The van der Waals surface area contributed by atoms with Crippen molar-refractivity contribution in [2.75, 3.05) is 17.6 Å². The van der Waals surface area contributed by atoms with Crippen LogP contribution in [0, 0.1) is 0 Å². The molecule has 0 unspecified atom stereocenters. The van der Waals surface area contributed by atoms with E-state index in [1.165, 1.54) is 24.8 Å². The van der Waals surface area contributed by atoms with E-state index in [0.29, 0.717) is 27.8 Å². The maximum Gasteiger partial charge on any atom is 0.295 e. The zero-order valence-electron chi connectivity index (χ0n) is 21.3. The Kier molecular flexibility index (Phi) is 6.78. The second kappa shape index (κ2) is 10.0. The molecule has 0 atom stereocenters. The lowest BCUT2D eigenvalue weighted by Gasteiger charge is -2.13. The van der Waals surface area contributed by atoms with Gasteiger partial charge in [-0.05, 0) is 38.8 Å². The summed E-state index contributed by atoms with van der Waals surface area (Å²) in [5, 5.41) is 13.9. The highest BCUT2D eigenvalue weighted by molar-refractivity contribution is 7.91. The zero-order valence-corrected chi connectivity index (χ0v) is 22.1. The van der Waals surface area contributed by atoms with E-state index in [-0.39, 0.29) is 53.0 Å². The van der Waals surface area contributed by atoms with Crippen LogP contribution in [0.5, 0.6) is 5.88 Å². The summed E-state index contributed by atoms with van der Waals surface area (Å²) in [5.74, 6) is 0.209. The van der Waals surface area contributed by atoms with Crippen molar-refractivity contribution in [2.24, 2.45) is 9.98 Å². The van der Waals surface area contributed by atoms with Gasteiger partial charge in [-0.2, -0.15) is 0 Å². The maximum absolute atomic E-state index is 13.4. The van der Waals surface area contributed by atoms with Crippen LogP contribution in [0.15, 0.2) is 44.3 Å². The molecule has 5 rings (SSSR count). The number of anilines is 1. The summed E-state index contributed by atoms with van der Waals surface area (Å²) >= 11 is 0. The van der Waals surface area contributed by atoms with E-state index >= 15 is 0 Å². The molecule has 0 saturated heterocycles. The first-order valence-electron chi connectivity index (χ1n) is 12.4. The molecule has 3 aromatic rings. The molecule has 1 saturated carbocycles. The Hall–Kier alpha value is -4.00. The molecule has 1 aliphatic carbocycles. The summed E-state index contributed by atoms with van der Waals surface area (Å²) in [4.78, 5) is 39.8. The summed E-state index contributed by atoms with van der Waals surface area (Å²) < 4.78 is 25.6. The standard InChI is InChI=1S/C25H28N8O4S/c1-4-38(36,37)17-8-7-16(26-10-17)9-28-22-25(35)33(14(2)3)23-19(32-22)12-27-18(11-29-23)20-21(15-5-6-15)30-13-31-24(20)34/h7-8,10,12-15H,4-6,9,11H2,1-3H3,(H,28,32)(H,30,31,34). The molecule has 0 radical (unpaired) electrons. The summed E-state index contributed by atoms with van der Waals surface area (Å²) in [6, 6.07) is 2.89. The van der Waals surface area contributed by atoms with Crippen molar-refractivity contribution in [3.8, 4) is 5.88 Å². The van der Waals surface area contributed by atoms with Gasteiger partial charge in [-0.15, -0.1) is 0 Å². The van der Waals surface area contributed by atoms with Gasteiger partial charge >= 0.3 is 0 Å². The highest BCUT2D eigenvalue weighted by Crippen LogP contribution is 2.42. The van der Waals surface area contributed by atoms with Crippen LogP contribution in [0.4, 0.5) is 5.82 Å². The summed E-state index contributed by atoms with van der Waals surface area (Å²) in [5.41, 5.74) is 2.34. The number of nitrogens with one attached hydrogen (secondary N) is 1. The van der Waals surface area contributed by atoms with Gasteiger partial charge in [0.25, 0.3) is 5.56 Å². The minimum atomic E-state index is -3.35. The molecule has 198 valence electrons. The van der Waals surface area contributed by atoms with Gasteiger partial charge in [0, 0.05) is 18.2 Å². The van der Waals surface area contributed by atoms with Crippen LogP contribution < -0.4 is 21.7 Å².